The number of nitrogens with two attached hydrogens (primary N) is 1. The minimum Gasteiger partial charge on any atom is -0.366 e. The van der Waals surface area contributed by atoms with E-state index in [9.17, 15) is 18.0 Å². The molecule has 2 amide bonds. The highest BCUT2D eigenvalue weighted by molar-refractivity contribution is 7.88. The lowest BCUT2D eigenvalue weighted by atomic mass is 9.94. The molecule has 2 aromatic carbocycles. The van der Waals surface area contributed by atoms with Crippen molar-refractivity contribution in [3.8, 4) is 11.1 Å². The van der Waals surface area contributed by atoms with Gasteiger partial charge in [-0.3, -0.25) is 9.59 Å². The maximum atomic E-state index is 12.8. The number of hydrogen-bond acceptors (Lipinski definition) is 4. The van der Waals surface area contributed by atoms with Crippen molar-refractivity contribution in [3.05, 3.63) is 59.3 Å². The number of nitrogens with one attached hydrogen (secondary N) is 2. The molecule has 1 aromatic heterocycles. The molecule has 0 atom stereocenters. The standard InChI is InChI=1S/C28H32N4O4S/c1-17-20(8-5-9-24(17)31-28(34)19-6-3-4-7-19)21-10-11-22(27(29)33)26-23(21)16-25(30-26)18-12-14-32(15-13-18)37(2,35)36/h5,8-12,16,19,30H,3-4,6-7,13-15H2,1-2H3,(H2,29,33)(H,31,34). The van der Waals surface area contributed by atoms with E-state index in [1.54, 1.807) is 6.07 Å². The Morgan fingerprint density at radius 3 is 2.51 bits per heavy atom. The zero-order valence-corrected chi connectivity index (χ0v) is 22.0. The molecule has 0 bridgehead atoms. The number of rotatable bonds is 6. The molecule has 2 aliphatic rings. The van der Waals surface area contributed by atoms with Gasteiger partial charge in [-0.05, 0) is 66.6 Å². The van der Waals surface area contributed by atoms with Crippen LogP contribution >= 0.6 is 0 Å². The zero-order chi connectivity index (χ0) is 26.3. The zero-order valence-electron chi connectivity index (χ0n) is 21.1. The normalized spacial score (nSPS) is 17.2. The SMILES string of the molecule is Cc1c(NC(=O)C2CCCC2)cccc1-c1ccc(C(N)=O)c2[nH]c(C3=CCN(S(C)(=O)=O)CC3)cc12. The molecule has 3 aromatic rings. The molecule has 0 spiro atoms. The summed E-state index contributed by atoms with van der Waals surface area (Å²) in [7, 11) is -3.25. The summed E-state index contributed by atoms with van der Waals surface area (Å²) in [6, 6.07) is 11.5. The molecule has 194 valence electrons. The van der Waals surface area contributed by atoms with E-state index in [1.807, 2.05) is 43.3 Å². The van der Waals surface area contributed by atoms with Crippen LogP contribution in [-0.4, -0.2) is 48.9 Å². The van der Waals surface area contributed by atoms with Gasteiger partial charge in [-0.2, -0.15) is 4.31 Å². The third kappa shape index (κ3) is 4.93. The molecule has 2 heterocycles. The van der Waals surface area contributed by atoms with E-state index < -0.39 is 15.9 Å². The Bertz CT molecular complexity index is 1530. The fourth-order valence-electron chi connectivity index (χ4n) is 5.51. The maximum absolute atomic E-state index is 12.8. The molecule has 0 unspecified atom stereocenters. The lowest BCUT2D eigenvalue weighted by Crippen LogP contribution is -2.33. The van der Waals surface area contributed by atoms with Crippen LogP contribution in [0.4, 0.5) is 5.69 Å². The number of nitrogens with zero attached hydrogens (tertiary/aromatic N) is 1. The molecule has 1 fully saturated rings. The second-order valence-corrected chi connectivity index (χ2v) is 12.0. The Morgan fingerprint density at radius 2 is 1.86 bits per heavy atom. The first kappa shape index (κ1) is 25.2. The summed E-state index contributed by atoms with van der Waals surface area (Å²) in [6.07, 6.45) is 7.74. The number of H-pyrrole nitrogens is 1. The smallest absolute Gasteiger partial charge is 0.250 e. The first-order valence-electron chi connectivity index (χ1n) is 12.6. The topological polar surface area (TPSA) is 125 Å². The minimum absolute atomic E-state index is 0.0687. The largest absolute Gasteiger partial charge is 0.366 e. The van der Waals surface area contributed by atoms with Crippen LogP contribution in [0.5, 0.6) is 0 Å². The van der Waals surface area contributed by atoms with Gasteiger partial charge in [0.2, 0.25) is 15.9 Å². The van der Waals surface area contributed by atoms with Crippen LogP contribution in [0.15, 0.2) is 42.5 Å². The van der Waals surface area contributed by atoms with E-state index >= 15 is 0 Å². The van der Waals surface area contributed by atoms with E-state index in [2.05, 4.69) is 10.3 Å². The number of amides is 2. The molecule has 0 radical (unpaired) electrons. The highest BCUT2D eigenvalue weighted by atomic mass is 32.2. The summed E-state index contributed by atoms with van der Waals surface area (Å²) in [6.45, 7) is 2.70. The van der Waals surface area contributed by atoms with Gasteiger partial charge < -0.3 is 16.0 Å². The van der Waals surface area contributed by atoms with Gasteiger partial charge in [0, 0.05) is 35.8 Å². The van der Waals surface area contributed by atoms with Crippen LogP contribution in [0.3, 0.4) is 0 Å². The second kappa shape index (κ2) is 9.79. The Hall–Kier alpha value is -3.43. The van der Waals surface area contributed by atoms with Crippen LogP contribution in [0.1, 0.15) is 53.7 Å². The summed E-state index contributed by atoms with van der Waals surface area (Å²) in [5.41, 5.74) is 12.2. The number of hydrogen-bond donors (Lipinski definition) is 3. The van der Waals surface area contributed by atoms with Gasteiger partial charge >= 0.3 is 0 Å². The van der Waals surface area contributed by atoms with Crippen molar-refractivity contribution in [2.75, 3.05) is 24.7 Å². The van der Waals surface area contributed by atoms with Crippen LogP contribution in [0, 0.1) is 12.8 Å². The average molecular weight is 521 g/mol. The molecular formula is C28H32N4O4S. The minimum atomic E-state index is -3.25. The third-order valence-electron chi connectivity index (χ3n) is 7.65. The highest BCUT2D eigenvalue weighted by Gasteiger charge is 2.25. The summed E-state index contributed by atoms with van der Waals surface area (Å²) in [4.78, 5) is 28.4. The van der Waals surface area contributed by atoms with Crippen molar-refractivity contribution < 1.29 is 18.0 Å². The van der Waals surface area contributed by atoms with Gasteiger partial charge in [0.15, 0.2) is 0 Å². The van der Waals surface area contributed by atoms with E-state index in [0.29, 0.717) is 30.6 Å². The predicted molar refractivity (Wildman–Crippen MR) is 147 cm³/mol. The number of carbonyl (C=O) groups is 2. The fraction of sp³-hybridized carbons (Fsp3) is 0.357. The van der Waals surface area contributed by atoms with Crippen molar-refractivity contribution in [2.45, 2.75) is 39.0 Å². The molecule has 5 rings (SSSR count). The quantitative estimate of drug-likeness (QED) is 0.445. The second-order valence-electron chi connectivity index (χ2n) is 10.0. The summed E-state index contributed by atoms with van der Waals surface area (Å²) >= 11 is 0. The van der Waals surface area contributed by atoms with Crippen molar-refractivity contribution in [3.63, 3.8) is 0 Å². The van der Waals surface area contributed by atoms with Gasteiger partial charge in [-0.1, -0.05) is 37.1 Å². The maximum Gasteiger partial charge on any atom is 0.250 e. The van der Waals surface area contributed by atoms with Gasteiger partial charge in [0.05, 0.1) is 17.3 Å². The molecular weight excluding hydrogens is 488 g/mol. The van der Waals surface area contributed by atoms with Crippen LogP contribution in [0.25, 0.3) is 27.6 Å². The van der Waals surface area contributed by atoms with Crippen molar-refractivity contribution >= 4 is 44.0 Å². The van der Waals surface area contributed by atoms with Crippen molar-refractivity contribution in [1.29, 1.82) is 0 Å². The molecule has 1 saturated carbocycles. The molecule has 1 aliphatic heterocycles. The Kier molecular flexibility index (Phi) is 6.68. The first-order chi connectivity index (χ1) is 17.6. The number of carbonyl (C=O) groups excluding carboxylic acids is 2. The lowest BCUT2D eigenvalue weighted by Gasteiger charge is -2.23. The third-order valence-corrected chi connectivity index (χ3v) is 8.92. The molecule has 4 N–H and O–H groups in total. The van der Waals surface area contributed by atoms with Gasteiger partial charge in [0.1, 0.15) is 0 Å². The number of benzene rings is 2. The number of anilines is 1. The van der Waals surface area contributed by atoms with Gasteiger partial charge in [-0.15, -0.1) is 0 Å². The lowest BCUT2D eigenvalue weighted by molar-refractivity contribution is -0.119. The average Bonchev–Trinajstić information content (AvgIpc) is 3.55. The van der Waals surface area contributed by atoms with Crippen LogP contribution < -0.4 is 11.1 Å². The number of aromatic nitrogens is 1. The molecule has 1 aliphatic carbocycles. The molecule has 0 saturated heterocycles. The Balaban J connectivity index is 1.55. The summed E-state index contributed by atoms with van der Waals surface area (Å²) in [5.74, 6) is -0.386. The van der Waals surface area contributed by atoms with Crippen molar-refractivity contribution in [2.24, 2.45) is 11.7 Å². The Morgan fingerprint density at radius 1 is 1.11 bits per heavy atom. The monoisotopic (exact) mass is 520 g/mol. The van der Waals surface area contributed by atoms with Crippen LogP contribution in [0.2, 0.25) is 0 Å². The molecule has 9 heteroatoms. The number of aromatic amines is 1. The van der Waals surface area contributed by atoms with E-state index in [-0.39, 0.29) is 11.8 Å². The van der Waals surface area contributed by atoms with E-state index in [1.165, 1.54) is 10.6 Å². The summed E-state index contributed by atoms with van der Waals surface area (Å²) < 4.78 is 25.2. The van der Waals surface area contributed by atoms with Crippen molar-refractivity contribution in [1.82, 2.24) is 9.29 Å². The first-order valence-corrected chi connectivity index (χ1v) is 14.5. The number of primary amides is 1. The predicted octanol–water partition coefficient (Wildman–Crippen LogP) is 4.42. The number of fused-ring (bicyclic) bond motifs is 1. The van der Waals surface area contributed by atoms with E-state index in [0.717, 1.165) is 64.7 Å². The van der Waals surface area contributed by atoms with E-state index in [4.69, 9.17) is 5.73 Å². The number of sulfonamides is 1. The summed E-state index contributed by atoms with van der Waals surface area (Å²) in [5, 5.41) is 3.98. The molecule has 8 nitrogen and oxygen atoms in total. The Labute approximate surface area is 217 Å². The van der Waals surface area contributed by atoms with Gasteiger partial charge in [-0.25, -0.2) is 8.42 Å². The fourth-order valence-corrected chi connectivity index (χ4v) is 6.28. The van der Waals surface area contributed by atoms with Gasteiger partial charge in [0.25, 0.3) is 5.91 Å². The highest BCUT2D eigenvalue weighted by Crippen LogP contribution is 2.38. The van der Waals surface area contributed by atoms with Crippen LogP contribution in [-0.2, 0) is 14.8 Å². The molecule has 37 heavy (non-hydrogen) atoms.